The summed E-state index contributed by atoms with van der Waals surface area (Å²) in [5.41, 5.74) is 2.38. The second-order valence-electron chi connectivity index (χ2n) is 4.73. The summed E-state index contributed by atoms with van der Waals surface area (Å²) in [5, 5.41) is 4.30. The van der Waals surface area contributed by atoms with Crippen molar-refractivity contribution in [3.63, 3.8) is 0 Å². The SMILES string of the molecule is Cc1ccc(CNCCN2CCOCC2)c(Cl)c1. The lowest BCUT2D eigenvalue weighted by Crippen LogP contribution is -2.40. The average molecular weight is 269 g/mol. The molecule has 0 amide bonds. The maximum absolute atomic E-state index is 6.19. The van der Waals surface area contributed by atoms with E-state index in [4.69, 9.17) is 16.3 Å². The molecular formula is C14H21ClN2O. The van der Waals surface area contributed by atoms with Crippen molar-refractivity contribution in [2.24, 2.45) is 0 Å². The zero-order chi connectivity index (χ0) is 12.8. The van der Waals surface area contributed by atoms with Crippen LogP contribution in [0.1, 0.15) is 11.1 Å². The molecule has 0 spiro atoms. The summed E-state index contributed by atoms with van der Waals surface area (Å²) < 4.78 is 5.32. The molecule has 0 unspecified atom stereocenters. The van der Waals surface area contributed by atoms with Gasteiger partial charge in [0.05, 0.1) is 13.2 Å². The Hall–Kier alpha value is -0.610. The van der Waals surface area contributed by atoms with Gasteiger partial charge in [-0.15, -0.1) is 0 Å². The summed E-state index contributed by atoms with van der Waals surface area (Å²) in [6.45, 7) is 8.79. The lowest BCUT2D eigenvalue weighted by molar-refractivity contribution is 0.0384. The van der Waals surface area contributed by atoms with E-state index in [9.17, 15) is 0 Å². The van der Waals surface area contributed by atoms with Crippen LogP contribution in [0.4, 0.5) is 0 Å². The highest BCUT2D eigenvalue weighted by molar-refractivity contribution is 6.31. The highest BCUT2D eigenvalue weighted by atomic mass is 35.5. The third kappa shape index (κ3) is 4.25. The van der Waals surface area contributed by atoms with Crippen molar-refractivity contribution in [2.45, 2.75) is 13.5 Å². The molecule has 0 aliphatic carbocycles. The normalized spacial score (nSPS) is 17.0. The minimum absolute atomic E-state index is 0.837. The Morgan fingerprint density at radius 2 is 2.11 bits per heavy atom. The van der Waals surface area contributed by atoms with Gasteiger partial charge in [0.15, 0.2) is 0 Å². The lowest BCUT2D eigenvalue weighted by atomic mass is 10.1. The topological polar surface area (TPSA) is 24.5 Å². The number of hydrogen-bond donors (Lipinski definition) is 1. The van der Waals surface area contributed by atoms with Crippen LogP contribution in [0.2, 0.25) is 5.02 Å². The molecule has 100 valence electrons. The van der Waals surface area contributed by atoms with Gasteiger partial charge < -0.3 is 10.1 Å². The minimum Gasteiger partial charge on any atom is -0.379 e. The first-order valence-corrected chi connectivity index (χ1v) is 6.89. The van der Waals surface area contributed by atoms with E-state index in [1.165, 1.54) is 11.1 Å². The van der Waals surface area contributed by atoms with Crippen LogP contribution in [0.15, 0.2) is 18.2 Å². The molecule has 2 rings (SSSR count). The number of ether oxygens (including phenoxy) is 1. The van der Waals surface area contributed by atoms with Gasteiger partial charge in [-0.1, -0.05) is 23.7 Å². The number of halogens is 1. The van der Waals surface area contributed by atoms with Crippen molar-refractivity contribution < 1.29 is 4.74 Å². The van der Waals surface area contributed by atoms with Crippen LogP contribution in [0.3, 0.4) is 0 Å². The van der Waals surface area contributed by atoms with E-state index in [2.05, 4.69) is 29.3 Å². The average Bonchev–Trinajstić information content (AvgIpc) is 2.38. The second kappa shape index (κ2) is 7.10. The van der Waals surface area contributed by atoms with Crippen molar-refractivity contribution >= 4 is 11.6 Å². The molecule has 0 bridgehead atoms. The first-order valence-electron chi connectivity index (χ1n) is 6.51. The number of nitrogens with zero attached hydrogens (tertiary/aromatic N) is 1. The number of aryl methyl sites for hydroxylation is 1. The van der Waals surface area contributed by atoms with E-state index in [1.54, 1.807) is 0 Å². The van der Waals surface area contributed by atoms with Gasteiger partial charge in [0.25, 0.3) is 0 Å². The third-order valence-corrected chi connectivity index (χ3v) is 3.58. The monoisotopic (exact) mass is 268 g/mol. The molecule has 3 nitrogen and oxygen atoms in total. The third-order valence-electron chi connectivity index (χ3n) is 3.23. The molecule has 4 heteroatoms. The van der Waals surface area contributed by atoms with Crippen LogP contribution >= 0.6 is 11.6 Å². The molecule has 0 aromatic heterocycles. The zero-order valence-electron chi connectivity index (χ0n) is 10.9. The number of rotatable bonds is 5. The van der Waals surface area contributed by atoms with Crippen LogP contribution in [0.25, 0.3) is 0 Å². The maximum Gasteiger partial charge on any atom is 0.0594 e. The minimum atomic E-state index is 0.837. The van der Waals surface area contributed by atoms with Crippen LogP contribution in [-0.2, 0) is 11.3 Å². The van der Waals surface area contributed by atoms with E-state index in [0.717, 1.165) is 51.0 Å². The molecule has 1 heterocycles. The summed E-state index contributed by atoms with van der Waals surface area (Å²) in [4.78, 5) is 2.42. The van der Waals surface area contributed by atoms with E-state index in [-0.39, 0.29) is 0 Å². The molecular weight excluding hydrogens is 248 g/mol. The molecule has 0 radical (unpaired) electrons. The number of morpholine rings is 1. The Kier molecular flexibility index (Phi) is 5.45. The van der Waals surface area contributed by atoms with Crippen molar-refractivity contribution in [1.29, 1.82) is 0 Å². The Bertz CT molecular complexity index is 378. The first kappa shape index (κ1) is 13.8. The summed E-state index contributed by atoms with van der Waals surface area (Å²) in [5.74, 6) is 0. The molecule has 1 aromatic rings. The molecule has 1 aliphatic rings. The van der Waals surface area contributed by atoms with Crippen LogP contribution in [0, 0.1) is 6.92 Å². The fraction of sp³-hybridized carbons (Fsp3) is 0.571. The summed E-state index contributed by atoms with van der Waals surface area (Å²) in [6, 6.07) is 6.21. The number of hydrogen-bond acceptors (Lipinski definition) is 3. The van der Waals surface area contributed by atoms with Gasteiger partial charge in [-0.05, 0) is 24.1 Å². The Balaban J connectivity index is 1.68. The van der Waals surface area contributed by atoms with Crippen LogP contribution in [-0.4, -0.2) is 44.3 Å². The van der Waals surface area contributed by atoms with Crippen LogP contribution < -0.4 is 5.32 Å². The summed E-state index contributed by atoms with van der Waals surface area (Å²) in [6.07, 6.45) is 0. The van der Waals surface area contributed by atoms with Gasteiger partial charge in [-0.25, -0.2) is 0 Å². The van der Waals surface area contributed by atoms with E-state index >= 15 is 0 Å². The van der Waals surface area contributed by atoms with Crippen molar-refractivity contribution in [1.82, 2.24) is 10.2 Å². The lowest BCUT2D eigenvalue weighted by Gasteiger charge is -2.26. The molecule has 1 saturated heterocycles. The zero-order valence-corrected chi connectivity index (χ0v) is 11.7. The smallest absolute Gasteiger partial charge is 0.0594 e. The van der Waals surface area contributed by atoms with Crippen molar-refractivity contribution in [3.05, 3.63) is 34.3 Å². The maximum atomic E-state index is 6.19. The molecule has 1 aromatic carbocycles. The fourth-order valence-corrected chi connectivity index (χ4v) is 2.38. The van der Waals surface area contributed by atoms with Gasteiger partial charge >= 0.3 is 0 Å². The Morgan fingerprint density at radius 3 is 2.83 bits per heavy atom. The van der Waals surface area contributed by atoms with Crippen molar-refractivity contribution in [3.8, 4) is 0 Å². The van der Waals surface area contributed by atoms with Gasteiger partial charge in [-0.3, -0.25) is 4.90 Å². The van der Waals surface area contributed by atoms with E-state index < -0.39 is 0 Å². The van der Waals surface area contributed by atoms with E-state index in [1.807, 2.05) is 6.07 Å². The predicted octanol–water partition coefficient (Wildman–Crippen LogP) is 2.07. The summed E-state index contributed by atoms with van der Waals surface area (Å²) >= 11 is 6.19. The first-order chi connectivity index (χ1) is 8.75. The molecule has 1 N–H and O–H groups in total. The molecule has 18 heavy (non-hydrogen) atoms. The largest absolute Gasteiger partial charge is 0.379 e. The summed E-state index contributed by atoms with van der Waals surface area (Å²) in [7, 11) is 0. The van der Waals surface area contributed by atoms with Gasteiger partial charge in [0.2, 0.25) is 0 Å². The van der Waals surface area contributed by atoms with Gasteiger partial charge in [0.1, 0.15) is 0 Å². The van der Waals surface area contributed by atoms with E-state index in [0.29, 0.717) is 0 Å². The standard InChI is InChI=1S/C14H21ClN2O/c1-12-2-3-13(14(15)10-12)11-16-4-5-17-6-8-18-9-7-17/h2-3,10,16H,4-9,11H2,1H3. The van der Waals surface area contributed by atoms with Crippen molar-refractivity contribution in [2.75, 3.05) is 39.4 Å². The Morgan fingerprint density at radius 1 is 1.33 bits per heavy atom. The van der Waals surface area contributed by atoms with Gasteiger partial charge in [-0.2, -0.15) is 0 Å². The highest BCUT2D eigenvalue weighted by Gasteiger charge is 2.09. The second-order valence-corrected chi connectivity index (χ2v) is 5.13. The molecule has 0 atom stereocenters. The van der Waals surface area contributed by atoms with Gasteiger partial charge in [0, 0.05) is 37.7 Å². The molecule has 1 aliphatic heterocycles. The predicted molar refractivity (Wildman–Crippen MR) is 75.2 cm³/mol. The fourth-order valence-electron chi connectivity index (χ4n) is 2.08. The number of nitrogens with one attached hydrogen (secondary N) is 1. The quantitative estimate of drug-likeness (QED) is 0.828. The highest BCUT2D eigenvalue weighted by Crippen LogP contribution is 2.17. The van der Waals surface area contributed by atoms with Crippen LogP contribution in [0.5, 0.6) is 0 Å². The Labute approximate surface area is 114 Å². The molecule has 1 fully saturated rings. The molecule has 0 saturated carbocycles. The number of benzene rings is 1.